The third-order valence-corrected chi connectivity index (χ3v) is 5.08. The number of hydrogen-bond donors (Lipinski definition) is 4. The molecule has 162 valence electrons. The van der Waals surface area contributed by atoms with Gasteiger partial charge >= 0.3 is 7.82 Å². The molecule has 0 saturated carbocycles. The summed E-state index contributed by atoms with van der Waals surface area (Å²) in [6.45, 7) is 3.83. The minimum atomic E-state index is -4.64. The second-order valence-electron chi connectivity index (χ2n) is 7.25. The summed E-state index contributed by atoms with van der Waals surface area (Å²) in [5.41, 5.74) is 0. The minimum absolute atomic E-state index is 0.224. The molecule has 8 heteroatoms. The van der Waals surface area contributed by atoms with E-state index in [2.05, 4.69) is 16.8 Å². The lowest BCUT2D eigenvalue weighted by Crippen LogP contribution is -2.46. The van der Waals surface area contributed by atoms with E-state index in [1.807, 2.05) is 6.92 Å². The zero-order valence-corrected chi connectivity index (χ0v) is 18.0. The standard InChI is InChI=1S/C19H40NO6P/c1-3-5-7-8-9-10-11-13-14-18(21)17(16-26-27(23,24)25)20-19(22)15-12-6-4-2/h17-18,21H,3-16H2,1-2H3,(H,20,22)(H2,23,24,25)/t17-,18+/m0/s1. The lowest BCUT2D eigenvalue weighted by Gasteiger charge is -2.24. The van der Waals surface area contributed by atoms with Crippen molar-refractivity contribution in [3.05, 3.63) is 0 Å². The van der Waals surface area contributed by atoms with Crippen molar-refractivity contribution in [3.8, 4) is 0 Å². The van der Waals surface area contributed by atoms with Gasteiger partial charge in [0.2, 0.25) is 5.91 Å². The topological polar surface area (TPSA) is 116 Å². The van der Waals surface area contributed by atoms with E-state index in [1.165, 1.54) is 32.1 Å². The summed E-state index contributed by atoms with van der Waals surface area (Å²) >= 11 is 0. The van der Waals surface area contributed by atoms with E-state index in [-0.39, 0.29) is 5.91 Å². The van der Waals surface area contributed by atoms with Gasteiger partial charge in [-0.15, -0.1) is 0 Å². The molecule has 0 bridgehead atoms. The number of carbonyl (C=O) groups is 1. The number of phosphoric acid groups is 1. The van der Waals surface area contributed by atoms with Gasteiger partial charge in [-0.05, 0) is 12.8 Å². The largest absolute Gasteiger partial charge is 0.469 e. The second-order valence-corrected chi connectivity index (χ2v) is 8.49. The summed E-state index contributed by atoms with van der Waals surface area (Å²) in [5.74, 6) is -0.224. The van der Waals surface area contributed by atoms with Gasteiger partial charge in [0.05, 0.1) is 18.8 Å². The van der Waals surface area contributed by atoms with Crippen LogP contribution in [0.25, 0.3) is 0 Å². The number of carbonyl (C=O) groups excluding carboxylic acids is 1. The molecule has 0 spiro atoms. The Bertz CT molecular complexity index is 415. The molecule has 0 aromatic heterocycles. The number of amides is 1. The minimum Gasteiger partial charge on any atom is -0.391 e. The molecule has 27 heavy (non-hydrogen) atoms. The number of rotatable bonds is 18. The van der Waals surface area contributed by atoms with Gasteiger partial charge in [0, 0.05) is 6.42 Å². The predicted octanol–water partition coefficient (Wildman–Crippen LogP) is 4.05. The van der Waals surface area contributed by atoms with E-state index >= 15 is 0 Å². The van der Waals surface area contributed by atoms with E-state index in [0.717, 1.165) is 38.5 Å². The summed E-state index contributed by atoms with van der Waals surface area (Å²) in [6.07, 6.45) is 11.8. The fraction of sp³-hybridized carbons (Fsp3) is 0.947. The van der Waals surface area contributed by atoms with Gasteiger partial charge in [-0.2, -0.15) is 0 Å². The van der Waals surface area contributed by atoms with Crippen LogP contribution in [0.15, 0.2) is 0 Å². The highest BCUT2D eigenvalue weighted by molar-refractivity contribution is 7.46. The molecule has 0 aromatic rings. The fourth-order valence-corrected chi connectivity index (χ4v) is 3.28. The molecule has 0 aliphatic heterocycles. The van der Waals surface area contributed by atoms with Crippen molar-refractivity contribution in [2.45, 2.75) is 109 Å². The van der Waals surface area contributed by atoms with E-state index in [9.17, 15) is 14.5 Å². The zero-order valence-electron chi connectivity index (χ0n) is 17.1. The molecular weight excluding hydrogens is 369 g/mol. The Morgan fingerprint density at radius 1 is 0.926 bits per heavy atom. The van der Waals surface area contributed by atoms with Crippen molar-refractivity contribution in [1.82, 2.24) is 5.32 Å². The van der Waals surface area contributed by atoms with Crippen molar-refractivity contribution < 1.29 is 28.8 Å². The number of aliphatic hydroxyl groups excluding tert-OH is 1. The molecule has 4 N–H and O–H groups in total. The maximum Gasteiger partial charge on any atom is 0.469 e. The van der Waals surface area contributed by atoms with E-state index in [1.54, 1.807) is 0 Å². The van der Waals surface area contributed by atoms with Gasteiger partial charge in [0.25, 0.3) is 0 Å². The van der Waals surface area contributed by atoms with E-state index < -0.39 is 26.6 Å². The fourth-order valence-electron chi connectivity index (χ4n) is 2.93. The van der Waals surface area contributed by atoms with E-state index in [0.29, 0.717) is 12.8 Å². The molecule has 0 radical (unpaired) electrons. The zero-order chi connectivity index (χ0) is 20.5. The Kier molecular flexibility index (Phi) is 16.2. The number of aliphatic hydroxyl groups is 1. The molecule has 0 aliphatic carbocycles. The average molecular weight is 410 g/mol. The maximum absolute atomic E-state index is 12.0. The van der Waals surface area contributed by atoms with Crippen molar-refractivity contribution in [2.24, 2.45) is 0 Å². The van der Waals surface area contributed by atoms with Crippen LogP contribution in [0, 0.1) is 0 Å². The van der Waals surface area contributed by atoms with Crippen LogP contribution in [0.5, 0.6) is 0 Å². The average Bonchev–Trinajstić information content (AvgIpc) is 2.60. The molecule has 1 amide bonds. The molecule has 0 heterocycles. The molecule has 0 fully saturated rings. The van der Waals surface area contributed by atoms with Gasteiger partial charge in [0.1, 0.15) is 0 Å². The summed E-state index contributed by atoms with van der Waals surface area (Å²) in [4.78, 5) is 29.8. The van der Waals surface area contributed by atoms with Crippen LogP contribution in [0.1, 0.15) is 97.3 Å². The van der Waals surface area contributed by atoms with Gasteiger partial charge in [-0.1, -0.05) is 78.1 Å². The summed E-state index contributed by atoms with van der Waals surface area (Å²) in [7, 11) is -4.64. The molecular formula is C19H40NO6P. The van der Waals surface area contributed by atoms with Crippen LogP contribution >= 0.6 is 7.82 Å². The van der Waals surface area contributed by atoms with Crippen molar-refractivity contribution in [3.63, 3.8) is 0 Å². The lowest BCUT2D eigenvalue weighted by atomic mass is 10.0. The van der Waals surface area contributed by atoms with Gasteiger partial charge < -0.3 is 20.2 Å². The van der Waals surface area contributed by atoms with Gasteiger partial charge in [0.15, 0.2) is 0 Å². The van der Waals surface area contributed by atoms with Crippen LogP contribution in [0.3, 0.4) is 0 Å². The van der Waals surface area contributed by atoms with Crippen LogP contribution in [-0.2, 0) is 13.9 Å². The highest BCUT2D eigenvalue weighted by Crippen LogP contribution is 2.36. The van der Waals surface area contributed by atoms with Crippen LogP contribution in [0.4, 0.5) is 0 Å². The van der Waals surface area contributed by atoms with Gasteiger partial charge in [-0.25, -0.2) is 4.57 Å². The quantitative estimate of drug-likeness (QED) is 0.200. The molecule has 0 saturated heterocycles. The molecule has 0 rings (SSSR count). The molecule has 0 aliphatic rings. The Hall–Kier alpha value is -0.460. The van der Waals surface area contributed by atoms with Crippen LogP contribution in [0.2, 0.25) is 0 Å². The number of hydrogen-bond acceptors (Lipinski definition) is 4. The highest BCUT2D eigenvalue weighted by Gasteiger charge is 2.25. The van der Waals surface area contributed by atoms with E-state index in [4.69, 9.17) is 9.79 Å². The molecule has 0 unspecified atom stereocenters. The summed E-state index contributed by atoms with van der Waals surface area (Å²) in [6, 6.07) is -0.809. The highest BCUT2D eigenvalue weighted by atomic mass is 31.2. The predicted molar refractivity (Wildman–Crippen MR) is 107 cm³/mol. The maximum atomic E-state index is 12.0. The lowest BCUT2D eigenvalue weighted by molar-refractivity contribution is -0.123. The molecule has 0 aromatic carbocycles. The summed E-state index contributed by atoms with van der Waals surface area (Å²) < 4.78 is 15.5. The Morgan fingerprint density at radius 3 is 2.00 bits per heavy atom. The first kappa shape index (κ1) is 26.5. The molecule has 2 atom stereocenters. The SMILES string of the molecule is CCCCCCCCCC[C@@H](O)[C@H](COP(=O)(O)O)NC(=O)CCCCC. The first-order valence-electron chi connectivity index (χ1n) is 10.5. The number of unbranched alkanes of at least 4 members (excludes halogenated alkanes) is 9. The third-order valence-electron chi connectivity index (χ3n) is 4.59. The first-order valence-corrected chi connectivity index (χ1v) is 12.0. The smallest absolute Gasteiger partial charge is 0.391 e. The van der Waals surface area contributed by atoms with Crippen molar-refractivity contribution in [1.29, 1.82) is 0 Å². The Balaban J connectivity index is 4.24. The van der Waals surface area contributed by atoms with Gasteiger partial charge in [-0.3, -0.25) is 9.32 Å². The van der Waals surface area contributed by atoms with Crippen LogP contribution in [-0.4, -0.2) is 39.6 Å². The number of phosphoric ester groups is 1. The van der Waals surface area contributed by atoms with Crippen molar-refractivity contribution in [2.75, 3.05) is 6.61 Å². The Labute approximate surface area is 164 Å². The third kappa shape index (κ3) is 17.4. The Morgan fingerprint density at radius 2 is 1.44 bits per heavy atom. The normalized spacial score (nSPS) is 14.1. The second kappa shape index (κ2) is 16.5. The first-order chi connectivity index (χ1) is 12.8. The monoisotopic (exact) mass is 409 g/mol. The molecule has 7 nitrogen and oxygen atoms in total. The van der Waals surface area contributed by atoms with Crippen molar-refractivity contribution >= 4 is 13.7 Å². The number of nitrogens with one attached hydrogen (secondary N) is 1. The van der Waals surface area contributed by atoms with Crippen LogP contribution < -0.4 is 5.32 Å². The summed E-state index contributed by atoms with van der Waals surface area (Å²) in [5, 5.41) is 13.0.